The third kappa shape index (κ3) is 6.12. The Morgan fingerprint density at radius 2 is 2.12 bits per heavy atom. The van der Waals surface area contributed by atoms with Gasteiger partial charge >= 0.3 is 5.97 Å². The van der Waals surface area contributed by atoms with Crippen LogP contribution in [0.1, 0.15) is 65.2 Å². The van der Waals surface area contributed by atoms with Crippen LogP contribution >= 0.6 is 0 Å². The number of hydrogen-bond acceptors (Lipinski definition) is 4. The van der Waals surface area contributed by atoms with E-state index in [0.29, 0.717) is 25.7 Å². The molecular formula is C21H32O5. The van der Waals surface area contributed by atoms with Gasteiger partial charge < -0.3 is 20.1 Å². The molecule has 5 nitrogen and oxygen atoms in total. The quantitative estimate of drug-likeness (QED) is 0.333. The molecule has 6 atom stereocenters. The summed E-state index contributed by atoms with van der Waals surface area (Å²) in [7, 11) is 0. The van der Waals surface area contributed by atoms with Crippen LogP contribution in [0, 0.1) is 23.7 Å². The van der Waals surface area contributed by atoms with Crippen molar-refractivity contribution in [1.82, 2.24) is 0 Å². The van der Waals surface area contributed by atoms with Crippen LogP contribution in [0.3, 0.4) is 0 Å². The minimum atomic E-state index is -0.919. The molecule has 0 aromatic carbocycles. The van der Waals surface area contributed by atoms with Crippen LogP contribution < -0.4 is 0 Å². The molecule has 0 aromatic rings. The van der Waals surface area contributed by atoms with Crippen LogP contribution in [0.2, 0.25) is 0 Å². The largest absolute Gasteiger partial charge is 0.481 e. The molecular weight excluding hydrogens is 332 g/mol. The second-order valence-electron chi connectivity index (χ2n) is 7.86. The average Bonchev–Trinajstić information content (AvgIpc) is 3.06. The maximum Gasteiger partial charge on any atom is 0.303 e. The van der Waals surface area contributed by atoms with Crippen LogP contribution in [-0.4, -0.2) is 45.2 Å². The third-order valence-corrected chi connectivity index (χ3v) is 5.57. The summed E-state index contributed by atoms with van der Waals surface area (Å²) in [6.07, 6.45) is 8.93. The van der Waals surface area contributed by atoms with Crippen molar-refractivity contribution in [3.8, 4) is 11.8 Å². The molecule has 2 fully saturated rings. The second-order valence-corrected chi connectivity index (χ2v) is 7.86. The number of hydrogen-bond donors (Lipinski definition) is 3. The van der Waals surface area contributed by atoms with E-state index in [1.807, 2.05) is 6.08 Å². The first-order valence-corrected chi connectivity index (χ1v) is 9.69. The first-order chi connectivity index (χ1) is 12.3. The molecule has 0 spiro atoms. The van der Waals surface area contributed by atoms with E-state index < -0.39 is 17.7 Å². The van der Waals surface area contributed by atoms with E-state index in [2.05, 4.69) is 11.8 Å². The Hall–Kier alpha value is -1.35. The van der Waals surface area contributed by atoms with Gasteiger partial charge in [0, 0.05) is 25.2 Å². The summed E-state index contributed by atoms with van der Waals surface area (Å²) in [5, 5.41) is 29.5. The number of aliphatic hydroxyl groups excluding tert-OH is 1. The van der Waals surface area contributed by atoms with Gasteiger partial charge in [-0.15, -0.1) is 11.8 Å². The van der Waals surface area contributed by atoms with Crippen molar-refractivity contribution in [3.05, 3.63) is 12.2 Å². The lowest BCUT2D eigenvalue weighted by atomic mass is 9.87. The zero-order valence-corrected chi connectivity index (χ0v) is 15.9. The summed E-state index contributed by atoms with van der Waals surface area (Å²) in [4.78, 5) is 10.6. The van der Waals surface area contributed by atoms with Gasteiger partial charge in [0.05, 0.1) is 23.9 Å². The Morgan fingerprint density at radius 3 is 2.81 bits per heavy atom. The zero-order chi connectivity index (χ0) is 19.2. The SMILES string of the molecule is CC#CCCC(C)(O)/C=C/C1[C@H](O)C[C@@H]2O[C@H](CCCCC(=O)O)C[C@H]12. The highest BCUT2D eigenvalue weighted by molar-refractivity contribution is 5.66. The summed E-state index contributed by atoms with van der Waals surface area (Å²) in [6, 6.07) is 0. The van der Waals surface area contributed by atoms with Crippen molar-refractivity contribution in [3.63, 3.8) is 0 Å². The van der Waals surface area contributed by atoms with E-state index in [9.17, 15) is 15.0 Å². The zero-order valence-electron chi connectivity index (χ0n) is 15.9. The smallest absolute Gasteiger partial charge is 0.303 e. The number of carboxylic acid groups (broad SMARTS) is 1. The highest BCUT2D eigenvalue weighted by Crippen LogP contribution is 2.45. The molecule has 146 valence electrons. The lowest BCUT2D eigenvalue weighted by Gasteiger charge is -2.21. The Morgan fingerprint density at radius 1 is 1.35 bits per heavy atom. The number of aliphatic hydroxyl groups is 2. The average molecular weight is 364 g/mol. The lowest BCUT2D eigenvalue weighted by molar-refractivity contribution is -0.137. The van der Waals surface area contributed by atoms with Gasteiger partial charge in [-0.05, 0) is 45.4 Å². The van der Waals surface area contributed by atoms with E-state index in [4.69, 9.17) is 9.84 Å². The topological polar surface area (TPSA) is 87.0 Å². The number of carboxylic acids is 1. The van der Waals surface area contributed by atoms with Gasteiger partial charge in [-0.3, -0.25) is 4.79 Å². The fourth-order valence-electron chi connectivity index (χ4n) is 4.12. The minimum Gasteiger partial charge on any atom is -0.481 e. The van der Waals surface area contributed by atoms with Crippen molar-refractivity contribution >= 4 is 5.97 Å². The fraction of sp³-hybridized carbons (Fsp3) is 0.762. The monoisotopic (exact) mass is 364 g/mol. The van der Waals surface area contributed by atoms with E-state index in [0.717, 1.165) is 19.3 Å². The molecule has 0 radical (unpaired) electrons. The molecule has 1 heterocycles. The van der Waals surface area contributed by atoms with Crippen molar-refractivity contribution in [2.24, 2.45) is 11.8 Å². The van der Waals surface area contributed by atoms with E-state index in [1.165, 1.54) is 0 Å². The molecule has 2 aliphatic rings. The standard InChI is InChI=1S/C21H32O5/c1-3-4-7-11-21(2,25)12-10-16-17-13-15(8-5-6-9-20(23)24)26-19(17)14-18(16)22/h10,12,15-19,22,25H,5-9,11,13-14H2,1-2H3,(H,23,24)/b12-10+/t15-,16?,17-,18-,19+,21?/m1/s1. The molecule has 5 heteroatoms. The van der Waals surface area contributed by atoms with Crippen molar-refractivity contribution in [2.45, 2.75) is 89.1 Å². The molecule has 1 saturated heterocycles. The number of aliphatic carboxylic acids is 1. The second kappa shape index (κ2) is 9.55. The normalized spacial score (nSPS) is 32.8. The molecule has 0 aromatic heterocycles. The number of fused-ring (bicyclic) bond motifs is 1. The maximum atomic E-state index is 10.6. The van der Waals surface area contributed by atoms with Crippen LogP contribution in [0.4, 0.5) is 0 Å². The molecule has 2 rings (SSSR count). The van der Waals surface area contributed by atoms with Gasteiger partial charge in [0.2, 0.25) is 0 Å². The van der Waals surface area contributed by atoms with Crippen molar-refractivity contribution in [2.75, 3.05) is 0 Å². The third-order valence-electron chi connectivity index (χ3n) is 5.57. The van der Waals surface area contributed by atoms with Gasteiger partial charge in [-0.1, -0.05) is 18.6 Å². The predicted octanol–water partition coefficient (Wildman–Crippen LogP) is 2.90. The first-order valence-electron chi connectivity index (χ1n) is 9.69. The number of ether oxygens (including phenoxy) is 1. The first kappa shape index (κ1) is 21.0. The van der Waals surface area contributed by atoms with Gasteiger partial charge in [0.25, 0.3) is 0 Å². The van der Waals surface area contributed by atoms with E-state index in [1.54, 1.807) is 19.9 Å². The van der Waals surface area contributed by atoms with Gasteiger partial charge in [0.1, 0.15) is 0 Å². The fourth-order valence-corrected chi connectivity index (χ4v) is 4.12. The van der Waals surface area contributed by atoms with E-state index in [-0.39, 0.29) is 30.5 Å². The van der Waals surface area contributed by atoms with Crippen LogP contribution in [-0.2, 0) is 9.53 Å². The van der Waals surface area contributed by atoms with Gasteiger partial charge in [-0.25, -0.2) is 0 Å². The molecule has 0 amide bonds. The summed E-state index contributed by atoms with van der Waals surface area (Å²) < 4.78 is 6.08. The summed E-state index contributed by atoms with van der Waals surface area (Å²) in [6.45, 7) is 3.56. The van der Waals surface area contributed by atoms with Crippen molar-refractivity contribution < 1.29 is 24.9 Å². The molecule has 2 unspecified atom stereocenters. The summed E-state index contributed by atoms with van der Waals surface area (Å²) in [5.74, 6) is 5.33. The van der Waals surface area contributed by atoms with Crippen molar-refractivity contribution in [1.29, 1.82) is 0 Å². The number of carbonyl (C=O) groups is 1. The van der Waals surface area contributed by atoms with Crippen LogP contribution in [0.5, 0.6) is 0 Å². The van der Waals surface area contributed by atoms with E-state index >= 15 is 0 Å². The highest BCUT2D eigenvalue weighted by atomic mass is 16.5. The molecule has 1 saturated carbocycles. The molecule has 1 aliphatic heterocycles. The number of rotatable bonds is 9. The summed E-state index contributed by atoms with van der Waals surface area (Å²) in [5.41, 5.74) is -0.919. The van der Waals surface area contributed by atoms with Gasteiger partial charge in [0.15, 0.2) is 0 Å². The van der Waals surface area contributed by atoms with Crippen LogP contribution in [0.25, 0.3) is 0 Å². The Bertz CT molecular complexity index is 556. The Labute approximate surface area is 156 Å². The molecule has 3 N–H and O–H groups in total. The minimum absolute atomic E-state index is 0.00718. The maximum absolute atomic E-state index is 10.6. The highest BCUT2D eigenvalue weighted by Gasteiger charge is 2.47. The summed E-state index contributed by atoms with van der Waals surface area (Å²) >= 11 is 0. The molecule has 26 heavy (non-hydrogen) atoms. The lowest BCUT2D eigenvalue weighted by Crippen LogP contribution is -2.23. The number of unbranched alkanes of at least 4 members (excludes halogenated alkanes) is 1. The van der Waals surface area contributed by atoms with Gasteiger partial charge in [-0.2, -0.15) is 0 Å². The predicted molar refractivity (Wildman–Crippen MR) is 99.4 cm³/mol. The Kier molecular flexibility index (Phi) is 7.69. The molecule has 1 aliphatic carbocycles. The Balaban J connectivity index is 1.85. The van der Waals surface area contributed by atoms with Crippen LogP contribution in [0.15, 0.2) is 12.2 Å². The molecule has 0 bridgehead atoms.